The van der Waals surface area contributed by atoms with Gasteiger partial charge in [0.05, 0.1) is 29.2 Å². The summed E-state index contributed by atoms with van der Waals surface area (Å²) in [5, 5.41) is 18.2. The molecule has 0 bridgehead atoms. The highest BCUT2D eigenvalue weighted by molar-refractivity contribution is 6.31. The molecule has 1 aromatic heterocycles. The van der Waals surface area contributed by atoms with E-state index in [-0.39, 0.29) is 5.56 Å². The molecule has 2 aromatic carbocycles. The van der Waals surface area contributed by atoms with E-state index in [1.165, 1.54) is 18.3 Å². The summed E-state index contributed by atoms with van der Waals surface area (Å²) in [4.78, 5) is 24.7. The SMILES string of the molecule is N/C(=C\C=[NH2+])C1=NCc2cnc(Nc3ccc(C(=O)O)cc3)nc2-c2ccc(Cl)cc21. The lowest BCUT2D eigenvalue weighted by Crippen LogP contribution is -2.29. The number of hydrogen-bond donors (Lipinski definition) is 4. The maximum absolute atomic E-state index is 11.0. The number of aliphatic imine (C=N–C) groups is 1. The van der Waals surface area contributed by atoms with Gasteiger partial charge < -0.3 is 16.2 Å². The number of nitrogens with two attached hydrogens (primary N) is 2. The summed E-state index contributed by atoms with van der Waals surface area (Å²) in [6, 6.07) is 11.8. The smallest absolute Gasteiger partial charge is 0.335 e. The van der Waals surface area contributed by atoms with Gasteiger partial charge in [-0.2, -0.15) is 0 Å². The van der Waals surface area contributed by atoms with Crippen LogP contribution in [0, 0.1) is 0 Å². The fraction of sp³-hybridized carbons (Fsp3) is 0.0455. The van der Waals surface area contributed by atoms with Crippen molar-refractivity contribution in [3.8, 4) is 11.3 Å². The van der Waals surface area contributed by atoms with Crippen LogP contribution in [0.5, 0.6) is 0 Å². The number of carbonyl (C=O) groups is 1. The van der Waals surface area contributed by atoms with Crippen molar-refractivity contribution < 1.29 is 15.3 Å². The van der Waals surface area contributed by atoms with Crippen LogP contribution in [0.1, 0.15) is 21.5 Å². The van der Waals surface area contributed by atoms with Gasteiger partial charge in [0.1, 0.15) is 0 Å². The molecule has 0 unspecified atom stereocenters. The van der Waals surface area contributed by atoms with E-state index in [0.29, 0.717) is 40.3 Å². The number of aromatic nitrogens is 2. The second kappa shape index (κ2) is 8.37. The summed E-state index contributed by atoms with van der Waals surface area (Å²) in [6.45, 7) is 0.337. The molecule has 0 aliphatic carbocycles. The number of rotatable bonds is 5. The molecule has 2 heterocycles. The predicted octanol–water partition coefficient (Wildman–Crippen LogP) is 2.21. The molecular formula is C22H18ClN6O2+. The number of fused-ring (bicyclic) bond motifs is 3. The largest absolute Gasteiger partial charge is 0.478 e. The number of benzene rings is 2. The average molecular weight is 434 g/mol. The summed E-state index contributed by atoms with van der Waals surface area (Å²) in [5.41, 5.74) is 11.1. The molecule has 4 rings (SSSR count). The molecule has 1 aliphatic heterocycles. The van der Waals surface area contributed by atoms with Crippen LogP contribution in [0.4, 0.5) is 11.6 Å². The monoisotopic (exact) mass is 433 g/mol. The number of halogens is 1. The van der Waals surface area contributed by atoms with E-state index in [2.05, 4.69) is 20.3 Å². The predicted molar refractivity (Wildman–Crippen MR) is 120 cm³/mol. The van der Waals surface area contributed by atoms with Gasteiger partial charge in [0.25, 0.3) is 0 Å². The van der Waals surface area contributed by atoms with Gasteiger partial charge in [0.15, 0.2) is 6.21 Å². The van der Waals surface area contributed by atoms with Crippen molar-refractivity contribution in [3.63, 3.8) is 0 Å². The molecule has 154 valence electrons. The first-order valence-electron chi connectivity index (χ1n) is 9.28. The molecule has 0 radical (unpaired) electrons. The van der Waals surface area contributed by atoms with Gasteiger partial charge in [0, 0.05) is 39.7 Å². The highest BCUT2D eigenvalue weighted by Crippen LogP contribution is 2.33. The second-order valence-electron chi connectivity index (χ2n) is 6.74. The van der Waals surface area contributed by atoms with E-state index in [9.17, 15) is 4.79 Å². The lowest BCUT2D eigenvalue weighted by Gasteiger charge is -2.12. The minimum Gasteiger partial charge on any atom is -0.478 e. The van der Waals surface area contributed by atoms with Crippen LogP contribution < -0.4 is 16.5 Å². The van der Waals surface area contributed by atoms with Crippen molar-refractivity contribution in [3.05, 3.63) is 82.1 Å². The maximum Gasteiger partial charge on any atom is 0.335 e. The minimum absolute atomic E-state index is 0.198. The Hall–Kier alpha value is -4.04. The highest BCUT2D eigenvalue weighted by atomic mass is 35.5. The summed E-state index contributed by atoms with van der Waals surface area (Å²) in [7, 11) is 0. The first-order chi connectivity index (χ1) is 15.0. The summed E-state index contributed by atoms with van der Waals surface area (Å²) >= 11 is 6.24. The third kappa shape index (κ3) is 4.15. The summed E-state index contributed by atoms with van der Waals surface area (Å²) < 4.78 is 0. The van der Waals surface area contributed by atoms with Gasteiger partial charge >= 0.3 is 5.97 Å². The molecule has 6 N–H and O–H groups in total. The molecule has 0 saturated heterocycles. The molecule has 0 spiro atoms. The molecule has 0 fully saturated rings. The Kier molecular flexibility index (Phi) is 5.46. The van der Waals surface area contributed by atoms with Crippen molar-refractivity contribution in [2.24, 2.45) is 10.7 Å². The van der Waals surface area contributed by atoms with Crippen molar-refractivity contribution in [2.75, 3.05) is 5.32 Å². The van der Waals surface area contributed by atoms with Crippen molar-refractivity contribution in [1.82, 2.24) is 9.97 Å². The van der Waals surface area contributed by atoms with E-state index in [0.717, 1.165) is 16.7 Å². The maximum atomic E-state index is 11.0. The fourth-order valence-corrected chi connectivity index (χ4v) is 3.41. The van der Waals surface area contributed by atoms with Gasteiger partial charge in [-0.1, -0.05) is 17.7 Å². The van der Waals surface area contributed by atoms with E-state index < -0.39 is 5.97 Å². The zero-order valence-electron chi connectivity index (χ0n) is 16.2. The van der Waals surface area contributed by atoms with Gasteiger partial charge in [-0.05, 0) is 36.4 Å². The number of hydrogen-bond acceptors (Lipinski definition) is 6. The lowest BCUT2D eigenvalue weighted by molar-refractivity contribution is -0.104. The van der Waals surface area contributed by atoms with Crippen molar-refractivity contribution in [1.29, 1.82) is 0 Å². The molecule has 3 aromatic rings. The van der Waals surface area contributed by atoms with Gasteiger partial charge in [0.2, 0.25) is 5.95 Å². The molecular weight excluding hydrogens is 416 g/mol. The third-order valence-corrected chi connectivity index (χ3v) is 4.94. The lowest BCUT2D eigenvalue weighted by atomic mass is 9.97. The van der Waals surface area contributed by atoms with Crippen LogP contribution in [-0.4, -0.2) is 33.0 Å². The Bertz CT molecular complexity index is 1250. The molecule has 31 heavy (non-hydrogen) atoms. The number of allylic oxidation sites excluding steroid dienone is 2. The minimum atomic E-state index is -0.987. The Morgan fingerprint density at radius 3 is 2.68 bits per heavy atom. The molecule has 8 nitrogen and oxygen atoms in total. The number of anilines is 2. The fourth-order valence-electron chi connectivity index (χ4n) is 3.24. The van der Waals surface area contributed by atoms with Gasteiger partial charge in [-0.25, -0.2) is 14.8 Å². The second-order valence-corrected chi connectivity index (χ2v) is 7.18. The number of carboxylic acid groups (broad SMARTS) is 1. The van der Waals surface area contributed by atoms with E-state index >= 15 is 0 Å². The Labute approximate surface area is 182 Å². The number of nitrogens with one attached hydrogen (secondary N) is 1. The topological polar surface area (TPSA) is 139 Å². The van der Waals surface area contributed by atoms with E-state index in [1.807, 2.05) is 6.07 Å². The average Bonchev–Trinajstić information content (AvgIpc) is 2.90. The van der Waals surface area contributed by atoms with E-state index in [1.54, 1.807) is 36.5 Å². The van der Waals surface area contributed by atoms with Crippen LogP contribution in [0.15, 0.2) is 65.4 Å². The first kappa shape index (κ1) is 20.2. The first-order valence-corrected chi connectivity index (χ1v) is 9.66. The Balaban J connectivity index is 1.75. The third-order valence-electron chi connectivity index (χ3n) is 4.70. The standard InChI is InChI=1S/C22H17ClN6O2/c23-14-3-6-16-17(9-14)20(18(25)7-8-24)26-10-13-11-27-22(29-19(13)16)28-15-4-1-12(2-5-15)21(30)31/h1-9,11,24H,10,25H2,(H,30,31)(H,27,28,29)/p+1/b18-7-,24-8?. The van der Waals surface area contributed by atoms with Crippen LogP contribution in [0.2, 0.25) is 5.02 Å². The molecule has 1 aliphatic rings. The van der Waals surface area contributed by atoms with Crippen LogP contribution >= 0.6 is 11.6 Å². The molecule has 9 heteroatoms. The normalized spacial score (nSPS) is 12.8. The number of aromatic carboxylic acids is 1. The van der Waals surface area contributed by atoms with E-state index in [4.69, 9.17) is 27.9 Å². The molecule has 0 saturated carbocycles. The Morgan fingerprint density at radius 2 is 1.97 bits per heavy atom. The zero-order valence-corrected chi connectivity index (χ0v) is 17.0. The quantitative estimate of drug-likeness (QED) is 0.455. The van der Waals surface area contributed by atoms with Crippen molar-refractivity contribution >= 4 is 41.1 Å². The van der Waals surface area contributed by atoms with Crippen LogP contribution in [0.25, 0.3) is 11.3 Å². The van der Waals surface area contributed by atoms with Gasteiger partial charge in [-0.3, -0.25) is 10.4 Å². The highest BCUT2D eigenvalue weighted by Gasteiger charge is 2.21. The summed E-state index contributed by atoms with van der Waals surface area (Å²) in [5.74, 6) is -0.621. The molecule has 0 atom stereocenters. The summed E-state index contributed by atoms with van der Waals surface area (Å²) in [6.07, 6.45) is 4.65. The molecule has 0 amide bonds. The van der Waals surface area contributed by atoms with Crippen molar-refractivity contribution in [2.45, 2.75) is 6.54 Å². The van der Waals surface area contributed by atoms with Crippen LogP contribution in [-0.2, 0) is 6.54 Å². The number of carboxylic acids is 1. The number of nitrogens with zero attached hydrogens (tertiary/aromatic N) is 3. The van der Waals surface area contributed by atoms with Gasteiger partial charge in [-0.15, -0.1) is 0 Å². The Morgan fingerprint density at radius 1 is 1.19 bits per heavy atom. The van der Waals surface area contributed by atoms with Crippen LogP contribution in [0.3, 0.4) is 0 Å². The zero-order chi connectivity index (χ0) is 22.0.